The summed E-state index contributed by atoms with van der Waals surface area (Å²) in [5, 5.41) is 0. The van der Waals surface area contributed by atoms with Crippen LogP contribution in [-0.4, -0.2) is 24.8 Å². The number of benzene rings is 1. The topological polar surface area (TPSA) is 78.9 Å². The zero-order valence-electron chi connectivity index (χ0n) is 11.8. The van der Waals surface area contributed by atoms with Gasteiger partial charge in [0.05, 0.1) is 12.7 Å². The predicted octanol–water partition coefficient (Wildman–Crippen LogP) is 2.02. The van der Waals surface area contributed by atoms with Crippen molar-refractivity contribution < 1.29 is 28.6 Å². The molecule has 6 heteroatoms. The van der Waals surface area contributed by atoms with E-state index in [1.165, 1.54) is 46.1 Å². The van der Waals surface area contributed by atoms with Gasteiger partial charge in [0.1, 0.15) is 5.75 Å². The molecule has 0 saturated carbocycles. The molecule has 20 heavy (non-hydrogen) atoms. The minimum absolute atomic E-state index is 0.162. The quantitative estimate of drug-likeness (QED) is 0.466. The van der Waals surface area contributed by atoms with Crippen molar-refractivity contribution in [1.82, 2.24) is 0 Å². The molecule has 1 aromatic rings. The largest absolute Gasteiger partial charge is 0.496 e. The zero-order valence-corrected chi connectivity index (χ0v) is 11.8. The summed E-state index contributed by atoms with van der Waals surface area (Å²) in [6.07, 6.45) is -1.17. The van der Waals surface area contributed by atoms with Gasteiger partial charge in [-0.15, -0.1) is 0 Å². The molecule has 108 valence electrons. The van der Waals surface area contributed by atoms with Crippen molar-refractivity contribution in [3.8, 4) is 5.75 Å². The van der Waals surface area contributed by atoms with Crippen molar-refractivity contribution in [3.05, 3.63) is 29.3 Å². The molecular formula is C14H16O6. The summed E-state index contributed by atoms with van der Waals surface area (Å²) in [6, 6.07) is 4.56. The molecular weight excluding hydrogens is 264 g/mol. The first-order valence-corrected chi connectivity index (χ1v) is 5.88. The summed E-state index contributed by atoms with van der Waals surface area (Å²) in [4.78, 5) is 33.5. The molecule has 0 aliphatic carbocycles. The second-order valence-electron chi connectivity index (χ2n) is 4.07. The second kappa shape index (κ2) is 6.70. The van der Waals surface area contributed by atoms with Gasteiger partial charge in [-0.3, -0.25) is 14.4 Å². The van der Waals surface area contributed by atoms with E-state index in [0.29, 0.717) is 16.9 Å². The molecule has 0 radical (unpaired) electrons. The Morgan fingerprint density at radius 1 is 1.00 bits per heavy atom. The van der Waals surface area contributed by atoms with E-state index in [1.807, 2.05) is 0 Å². The molecule has 6 nitrogen and oxygen atoms in total. The fraction of sp³-hybridized carbons (Fsp3) is 0.357. The third kappa shape index (κ3) is 4.08. The van der Waals surface area contributed by atoms with E-state index >= 15 is 0 Å². The van der Waals surface area contributed by atoms with E-state index in [1.54, 1.807) is 0 Å². The summed E-state index contributed by atoms with van der Waals surface area (Å²) < 4.78 is 15.0. The number of carbonyl (C=O) groups is 3. The number of rotatable bonds is 5. The number of hydrogen-bond donors (Lipinski definition) is 0. The van der Waals surface area contributed by atoms with E-state index in [9.17, 15) is 14.4 Å². The molecule has 0 unspecified atom stereocenters. The van der Waals surface area contributed by atoms with E-state index in [4.69, 9.17) is 14.2 Å². The maximum absolute atomic E-state index is 11.4. The third-order valence-corrected chi connectivity index (χ3v) is 2.42. The summed E-state index contributed by atoms with van der Waals surface area (Å²) in [6.45, 7) is 3.82. The van der Waals surface area contributed by atoms with Crippen LogP contribution in [0.1, 0.15) is 43.0 Å². The number of ether oxygens (including phenoxy) is 3. The molecule has 0 aliphatic rings. The van der Waals surface area contributed by atoms with Crippen LogP contribution in [0.5, 0.6) is 5.75 Å². The monoisotopic (exact) mass is 280 g/mol. The summed E-state index contributed by atoms with van der Waals surface area (Å²) in [7, 11) is 1.41. The van der Waals surface area contributed by atoms with Gasteiger partial charge < -0.3 is 14.2 Å². The number of carbonyl (C=O) groups excluding carboxylic acids is 3. The highest BCUT2D eigenvalue weighted by atomic mass is 16.7. The third-order valence-electron chi connectivity index (χ3n) is 2.42. The SMILES string of the molecule is COc1cc(C(OC(C)=O)OC(C)=O)ccc1C(C)=O. The average Bonchev–Trinajstić information content (AvgIpc) is 2.35. The average molecular weight is 280 g/mol. The van der Waals surface area contributed by atoms with Gasteiger partial charge >= 0.3 is 11.9 Å². The maximum atomic E-state index is 11.4. The van der Waals surface area contributed by atoms with Crippen molar-refractivity contribution in [3.63, 3.8) is 0 Å². The molecule has 0 amide bonds. The van der Waals surface area contributed by atoms with E-state index in [2.05, 4.69) is 0 Å². The fourth-order valence-electron chi connectivity index (χ4n) is 1.61. The van der Waals surface area contributed by atoms with Gasteiger partial charge in [0.15, 0.2) is 5.78 Å². The molecule has 0 aromatic heterocycles. The molecule has 0 atom stereocenters. The van der Waals surface area contributed by atoms with E-state index in [0.717, 1.165) is 0 Å². The van der Waals surface area contributed by atoms with Crippen molar-refractivity contribution in [2.45, 2.75) is 27.1 Å². The summed E-state index contributed by atoms with van der Waals surface area (Å²) in [5.41, 5.74) is 0.790. The normalized spacial score (nSPS) is 10.1. The lowest BCUT2D eigenvalue weighted by molar-refractivity contribution is -0.186. The Morgan fingerprint density at radius 2 is 1.55 bits per heavy atom. The number of hydrogen-bond acceptors (Lipinski definition) is 6. The van der Waals surface area contributed by atoms with Crippen LogP contribution in [0, 0.1) is 0 Å². The first-order valence-electron chi connectivity index (χ1n) is 5.88. The first kappa shape index (κ1) is 15.7. The van der Waals surface area contributed by atoms with Crippen molar-refractivity contribution in [1.29, 1.82) is 0 Å². The lowest BCUT2D eigenvalue weighted by atomic mass is 10.1. The minimum Gasteiger partial charge on any atom is -0.496 e. The smallest absolute Gasteiger partial charge is 0.305 e. The highest BCUT2D eigenvalue weighted by Crippen LogP contribution is 2.27. The lowest BCUT2D eigenvalue weighted by Crippen LogP contribution is -2.15. The van der Waals surface area contributed by atoms with Crippen LogP contribution in [0.25, 0.3) is 0 Å². The molecule has 1 rings (SSSR count). The Morgan fingerprint density at radius 3 is 1.95 bits per heavy atom. The summed E-state index contributed by atoms with van der Waals surface area (Å²) in [5.74, 6) is -1.03. The van der Waals surface area contributed by atoms with Crippen LogP contribution in [0.2, 0.25) is 0 Å². The first-order chi connectivity index (χ1) is 9.35. The van der Waals surface area contributed by atoms with Crippen molar-refractivity contribution in [2.24, 2.45) is 0 Å². The van der Waals surface area contributed by atoms with Gasteiger partial charge in [0.2, 0.25) is 0 Å². The van der Waals surface area contributed by atoms with Crippen LogP contribution < -0.4 is 4.74 Å². The molecule has 1 aromatic carbocycles. The zero-order chi connectivity index (χ0) is 15.3. The van der Waals surface area contributed by atoms with Crippen LogP contribution in [0.15, 0.2) is 18.2 Å². The fourth-order valence-corrected chi connectivity index (χ4v) is 1.61. The van der Waals surface area contributed by atoms with Gasteiger partial charge in [-0.25, -0.2) is 0 Å². The van der Waals surface area contributed by atoms with Gasteiger partial charge in [-0.2, -0.15) is 0 Å². The maximum Gasteiger partial charge on any atom is 0.305 e. The molecule has 0 bridgehead atoms. The van der Waals surface area contributed by atoms with E-state index < -0.39 is 18.2 Å². The van der Waals surface area contributed by atoms with Gasteiger partial charge in [0, 0.05) is 19.4 Å². The Bertz CT molecular complexity index is 518. The van der Waals surface area contributed by atoms with E-state index in [-0.39, 0.29) is 5.78 Å². The lowest BCUT2D eigenvalue weighted by Gasteiger charge is -2.18. The second-order valence-corrected chi connectivity index (χ2v) is 4.07. The molecule has 0 saturated heterocycles. The Kier molecular flexibility index (Phi) is 5.25. The molecule has 0 N–H and O–H groups in total. The standard InChI is InChI=1S/C14H16O6/c1-8(15)12-6-5-11(7-13(12)18-4)14(19-9(2)16)20-10(3)17/h5-7,14H,1-4H3. The van der Waals surface area contributed by atoms with Gasteiger partial charge in [-0.1, -0.05) is 6.07 Å². The molecule has 0 aliphatic heterocycles. The number of esters is 2. The van der Waals surface area contributed by atoms with Crippen LogP contribution in [0.3, 0.4) is 0 Å². The summed E-state index contributed by atoms with van der Waals surface area (Å²) >= 11 is 0. The van der Waals surface area contributed by atoms with Crippen molar-refractivity contribution in [2.75, 3.05) is 7.11 Å². The van der Waals surface area contributed by atoms with Crippen LogP contribution >= 0.6 is 0 Å². The Labute approximate surface area is 116 Å². The number of ketones is 1. The number of Topliss-reactive ketones (excluding diaryl/α,β-unsaturated/α-hetero) is 1. The van der Waals surface area contributed by atoms with Gasteiger partial charge in [-0.05, 0) is 19.1 Å². The molecule has 0 fully saturated rings. The molecule has 0 heterocycles. The Hall–Kier alpha value is -2.37. The number of methoxy groups -OCH3 is 1. The molecule has 0 spiro atoms. The van der Waals surface area contributed by atoms with Crippen molar-refractivity contribution >= 4 is 17.7 Å². The highest BCUT2D eigenvalue weighted by molar-refractivity contribution is 5.96. The Balaban J connectivity index is 3.16. The highest BCUT2D eigenvalue weighted by Gasteiger charge is 2.20. The van der Waals surface area contributed by atoms with Gasteiger partial charge in [0.25, 0.3) is 6.29 Å². The minimum atomic E-state index is -1.17. The van der Waals surface area contributed by atoms with Crippen LogP contribution in [0.4, 0.5) is 0 Å². The van der Waals surface area contributed by atoms with Crippen LogP contribution in [-0.2, 0) is 19.1 Å². The predicted molar refractivity (Wildman–Crippen MR) is 69.3 cm³/mol.